The fourth-order valence-corrected chi connectivity index (χ4v) is 2.64. The summed E-state index contributed by atoms with van der Waals surface area (Å²) < 4.78 is 36.5. The van der Waals surface area contributed by atoms with E-state index in [1.54, 1.807) is 0 Å². The summed E-state index contributed by atoms with van der Waals surface area (Å²) in [5, 5.41) is 6.85. The van der Waals surface area contributed by atoms with Crippen LogP contribution in [0, 0.1) is 5.82 Å². The Morgan fingerprint density at radius 2 is 2.00 bits per heavy atom. The molecule has 0 N–H and O–H groups in total. The molecule has 0 amide bonds. The van der Waals surface area contributed by atoms with E-state index in [9.17, 15) is 12.8 Å². The maximum atomic E-state index is 12.9. The molecule has 9 heteroatoms. The molecule has 0 spiro atoms. The van der Waals surface area contributed by atoms with Gasteiger partial charge in [0.2, 0.25) is 0 Å². The molecule has 2 rings (SSSR count). The lowest BCUT2D eigenvalue weighted by atomic mass is 10.2. The molecular weight excluding hydrogens is 304 g/mol. The Morgan fingerprint density at radius 3 is 2.50 bits per heavy atom. The highest BCUT2D eigenvalue weighted by molar-refractivity contribution is 8.13. The van der Waals surface area contributed by atoms with Crippen LogP contribution in [-0.2, 0) is 16.1 Å². The van der Waals surface area contributed by atoms with Crippen molar-refractivity contribution in [3.63, 3.8) is 0 Å². The third-order valence-corrected chi connectivity index (χ3v) is 3.74. The minimum absolute atomic E-state index is 0.101. The zero-order valence-electron chi connectivity index (χ0n) is 8.93. The Labute approximate surface area is 112 Å². The van der Waals surface area contributed by atoms with Gasteiger partial charge in [0.05, 0.1) is 5.02 Å². The molecule has 0 fully saturated rings. The van der Waals surface area contributed by atoms with Gasteiger partial charge in [-0.2, -0.15) is 0 Å². The maximum Gasteiger partial charge on any atom is 0.296 e. The zero-order valence-corrected chi connectivity index (χ0v) is 11.3. The molecule has 0 aliphatic heterocycles. The molecule has 0 bridgehead atoms. The fraction of sp³-hybridized carbons (Fsp3) is 0.111. The molecule has 0 unspecified atom stereocenters. The summed E-state index contributed by atoms with van der Waals surface area (Å²) in [6.07, 6.45) is 0. The van der Waals surface area contributed by atoms with Crippen molar-refractivity contribution in [2.24, 2.45) is 7.05 Å². The standard InChI is InChI=1S/C9H6Cl2FN3O2S/c1-15-8(13-14-9(15)18(11,16)17)6-3-2-5(12)4-7(6)10/h2-4H,1H3. The maximum absolute atomic E-state index is 12.9. The fourth-order valence-electron chi connectivity index (χ4n) is 1.43. The van der Waals surface area contributed by atoms with Crippen LogP contribution in [0.5, 0.6) is 0 Å². The number of hydrogen-bond donors (Lipinski definition) is 0. The van der Waals surface area contributed by atoms with Gasteiger partial charge in [0.15, 0.2) is 5.82 Å². The zero-order chi connectivity index (χ0) is 13.5. The molecule has 2 aromatic rings. The van der Waals surface area contributed by atoms with Gasteiger partial charge in [0, 0.05) is 23.3 Å². The summed E-state index contributed by atoms with van der Waals surface area (Å²) in [4.78, 5) is 0. The van der Waals surface area contributed by atoms with Crippen LogP contribution in [0.1, 0.15) is 0 Å². The highest BCUT2D eigenvalue weighted by Gasteiger charge is 2.22. The molecule has 96 valence electrons. The molecule has 18 heavy (non-hydrogen) atoms. The van der Waals surface area contributed by atoms with Crippen molar-refractivity contribution < 1.29 is 12.8 Å². The van der Waals surface area contributed by atoms with Gasteiger partial charge in [-0.05, 0) is 18.2 Å². The van der Waals surface area contributed by atoms with Gasteiger partial charge >= 0.3 is 0 Å². The van der Waals surface area contributed by atoms with E-state index in [0.717, 1.165) is 6.07 Å². The Hall–Kier alpha value is -1.18. The van der Waals surface area contributed by atoms with E-state index in [0.29, 0.717) is 5.56 Å². The van der Waals surface area contributed by atoms with E-state index in [2.05, 4.69) is 10.2 Å². The summed E-state index contributed by atoms with van der Waals surface area (Å²) in [6.45, 7) is 0. The number of hydrogen-bond acceptors (Lipinski definition) is 4. The molecule has 5 nitrogen and oxygen atoms in total. The van der Waals surface area contributed by atoms with Crippen LogP contribution in [0.4, 0.5) is 4.39 Å². The average molecular weight is 310 g/mol. The monoisotopic (exact) mass is 309 g/mol. The molecule has 1 aromatic carbocycles. The third kappa shape index (κ3) is 2.33. The van der Waals surface area contributed by atoms with Crippen LogP contribution in [0.3, 0.4) is 0 Å². The van der Waals surface area contributed by atoms with Gasteiger partial charge in [0.25, 0.3) is 14.2 Å². The minimum atomic E-state index is -4.00. The van der Waals surface area contributed by atoms with Crippen molar-refractivity contribution in [2.45, 2.75) is 5.16 Å². The first-order valence-electron chi connectivity index (χ1n) is 4.60. The molecule has 0 aliphatic rings. The first-order chi connectivity index (χ1) is 8.30. The second-order valence-corrected chi connectivity index (χ2v) is 6.29. The Bertz CT molecular complexity index is 715. The highest BCUT2D eigenvalue weighted by atomic mass is 35.7. The quantitative estimate of drug-likeness (QED) is 0.798. The van der Waals surface area contributed by atoms with Gasteiger partial charge in [-0.1, -0.05) is 11.6 Å². The Kier molecular flexibility index (Phi) is 3.31. The predicted octanol–water partition coefficient (Wildman–Crippen LogP) is 2.20. The van der Waals surface area contributed by atoms with Crippen molar-refractivity contribution in [1.29, 1.82) is 0 Å². The van der Waals surface area contributed by atoms with Crippen molar-refractivity contribution >= 4 is 31.3 Å². The van der Waals surface area contributed by atoms with Crippen LogP contribution in [0.25, 0.3) is 11.4 Å². The lowest BCUT2D eigenvalue weighted by Gasteiger charge is -2.04. The van der Waals surface area contributed by atoms with Gasteiger partial charge in [0.1, 0.15) is 5.82 Å². The number of benzene rings is 1. The summed E-state index contributed by atoms with van der Waals surface area (Å²) in [6, 6.07) is 3.66. The minimum Gasteiger partial charge on any atom is -0.300 e. The van der Waals surface area contributed by atoms with E-state index in [1.165, 1.54) is 23.7 Å². The van der Waals surface area contributed by atoms with Crippen molar-refractivity contribution in [3.8, 4) is 11.4 Å². The van der Waals surface area contributed by atoms with Crippen LogP contribution in [0.15, 0.2) is 23.4 Å². The molecule has 1 aromatic heterocycles. The summed E-state index contributed by atoms with van der Waals surface area (Å²) in [7, 11) is 2.61. The second kappa shape index (κ2) is 4.49. The number of rotatable bonds is 2. The molecular formula is C9H6Cl2FN3O2S. The van der Waals surface area contributed by atoms with Gasteiger partial charge in [-0.25, -0.2) is 12.8 Å². The van der Waals surface area contributed by atoms with Crippen LogP contribution in [-0.4, -0.2) is 23.2 Å². The van der Waals surface area contributed by atoms with Crippen LogP contribution in [0.2, 0.25) is 5.02 Å². The number of halogens is 3. The third-order valence-electron chi connectivity index (χ3n) is 2.23. The van der Waals surface area contributed by atoms with Crippen LogP contribution < -0.4 is 0 Å². The van der Waals surface area contributed by atoms with Crippen LogP contribution >= 0.6 is 22.3 Å². The summed E-state index contributed by atoms with van der Waals surface area (Å²) >= 11 is 5.86. The van der Waals surface area contributed by atoms with E-state index < -0.39 is 20.0 Å². The van der Waals surface area contributed by atoms with E-state index in [1.807, 2.05) is 0 Å². The van der Waals surface area contributed by atoms with Crippen molar-refractivity contribution in [2.75, 3.05) is 0 Å². The largest absolute Gasteiger partial charge is 0.300 e. The van der Waals surface area contributed by atoms with Crippen molar-refractivity contribution in [1.82, 2.24) is 14.8 Å². The SMILES string of the molecule is Cn1c(-c2ccc(F)cc2Cl)nnc1S(=O)(=O)Cl. The van der Waals surface area contributed by atoms with E-state index in [4.69, 9.17) is 22.3 Å². The topological polar surface area (TPSA) is 64.8 Å². The number of aromatic nitrogens is 3. The highest BCUT2D eigenvalue weighted by Crippen LogP contribution is 2.28. The molecule has 0 atom stereocenters. The van der Waals surface area contributed by atoms with Gasteiger partial charge < -0.3 is 0 Å². The predicted molar refractivity (Wildman–Crippen MR) is 64.4 cm³/mol. The normalized spacial score (nSPS) is 11.8. The van der Waals surface area contributed by atoms with E-state index in [-0.39, 0.29) is 10.8 Å². The Balaban J connectivity index is 2.63. The van der Waals surface area contributed by atoms with Crippen molar-refractivity contribution in [3.05, 3.63) is 29.0 Å². The first kappa shape index (κ1) is 13.3. The molecule has 0 aliphatic carbocycles. The smallest absolute Gasteiger partial charge is 0.296 e. The Morgan fingerprint density at radius 1 is 1.33 bits per heavy atom. The van der Waals surface area contributed by atoms with Gasteiger partial charge in [-0.15, -0.1) is 10.2 Å². The summed E-state index contributed by atoms with van der Waals surface area (Å²) in [5.41, 5.74) is 0.361. The molecule has 0 saturated heterocycles. The first-order valence-corrected chi connectivity index (χ1v) is 7.29. The molecule has 0 saturated carbocycles. The number of nitrogens with zero attached hydrogens (tertiary/aromatic N) is 3. The second-order valence-electron chi connectivity index (χ2n) is 3.43. The molecule has 1 heterocycles. The lowest BCUT2D eigenvalue weighted by Crippen LogP contribution is -2.03. The van der Waals surface area contributed by atoms with E-state index >= 15 is 0 Å². The van der Waals surface area contributed by atoms with Gasteiger partial charge in [-0.3, -0.25) is 4.57 Å². The summed E-state index contributed by atoms with van der Waals surface area (Å²) in [5.74, 6) is -0.324. The lowest BCUT2D eigenvalue weighted by molar-refractivity contribution is 0.593. The molecule has 0 radical (unpaired) electrons. The average Bonchev–Trinajstić information content (AvgIpc) is 2.60.